The zero-order valence-electron chi connectivity index (χ0n) is 17.8. The molecule has 0 atom stereocenters. The number of nitrogens with zero attached hydrogens (tertiary/aromatic N) is 2. The van der Waals surface area contributed by atoms with Gasteiger partial charge in [-0.2, -0.15) is 0 Å². The van der Waals surface area contributed by atoms with E-state index in [9.17, 15) is 4.79 Å². The quantitative estimate of drug-likeness (QED) is 0.327. The number of aliphatic imine (C=N–C) groups is 1. The summed E-state index contributed by atoms with van der Waals surface area (Å²) < 4.78 is 0. The topological polar surface area (TPSA) is 56.7 Å². The number of piperidine rings is 1. The minimum Gasteiger partial charge on any atom is -0.357 e. The average molecular weight is 520 g/mol. The molecule has 1 amide bonds. The van der Waals surface area contributed by atoms with E-state index in [1.807, 2.05) is 35.2 Å². The van der Waals surface area contributed by atoms with E-state index in [1.165, 1.54) is 12.0 Å². The number of benzene rings is 2. The summed E-state index contributed by atoms with van der Waals surface area (Å²) in [6, 6.07) is 18.3. The van der Waals surface area contributed by atoms with Crippen molar-refractivity contribution in [2.24, 2.45) is 4.99 Å². The summed E-state index contributed by atoms with van der Waals surface area (Å²) >= 11 is 0. The van der Waals surface area contributed by atoms with Crippen molar-refractivity contribution in [2.45, 2.75) is 39.2 Å². The lowest BCUT2D eigenvalue weighted by Gasteiger charge is -2.26. The molecule has 2 aromatic carbocycles. The Balaban J connectivity index is 0.00000320. The maximum absolute atomic E-state index is 12.6. The Morgan fingerprint density at radius 2 is 1.63 bits per heavy atom. The molecule has 162 valence electrons. The molecule has 1 saturated heterocycles. The SMILES string of the molecule is CCNC(=NCc1ccc(C(=O)N2CCCCC2)cc1)NCCc1ccccc1.I. The van der Waals surface area contributed by atoms with Gasteiger partial charge in [0.2, 0.25) is 0 Å². The fourth-order valence-electron chi connectivity index (χ4n) is 3.51. The summed E-state index contributed by atoms with van der Waals surface area (Å²) in [7, 11) is 0. The Labute approximate surface area is 197 Å². The molecular weight excluding hydrogens is 487 g/mol. The minimum atomic E-state index is 0. The van der Waals surface area contributed by atoms with Crippen molar-refractivity contribution >= 4 is 35.8 Å². The van der Waals surface area contributed by atoms with E-state index in [0.717, 1.165) is 62.5 Å². The van der Waals surface area contributed by atoms with Gasteiger partial charge in [0, 0.05) is 31.7 Å². The van der Waals surface area contributed by atoms with E-state index in [2.05, 4.69) is 46.8 Å². The number of carbonyl (C=O) groups excluding carboxylic acids is 1. The molecule has 1 fully saturated rings. The maximum atomic E-state index is 12.6. The Morgan fingerprint density at radius 1 is 0.933 bits per heavy atom. The van der Waals surface area contributed by atoms with Gasteiger partial charge in [-0.1, -0.05) is 42.5 Å². The third-order valence-electron chi connectivity index (χ3n) is 5.16. The van der Waals surface area contributed by atoms with Crippen molar-refractivity contribution in [2.75, 3.05) is 26.2 Å². The monoisotopic (exact) mass is 520 g/mol. The molecule has 1 aliphatic rings. The Kier molecular flexibility index (Phi) is 10.7. The van der Waals surface area contributed by atoms with Crippen LogP contribution in [0.5, 0.6) is 0 Å². The molecule has 0 saturated carbocycles. The Morgan fingerprint density at radius 3 is 2.30 bits per heavy atom. The van der Waals surface area contributed by atoms with Crippen molar-refractivity contribution in [3.8, 4) is 0 Å². The van der Waals surface area contributed by atoms with Crippen LogP contribution in [0.4, 0.5) is 0 Å². The van der Waals surface area contributed by atoms with Crippen LogP contribution in [0.2, 0.25) is 0 Å². The predicted molar refractivity (Wildman–Crippen MR) is 135 cm³/mol. The lowest BCUT2D eigenvalue weighted by molar-refractivity contribution is 0.0724. The zero-order chi connectivity index (χ0) is 20.3. The molecule has 0 aromatic heterocycles. The number of nitrogens with one attached hydrogen (secondary N) is 2. The fraction of sp³-hybridized carbons (Fsp3) is 0.417. The van der Waals surface area contributed by atoms with Gasteiger partial charge in [-0.3, -0.25) is 4.79 Å². The molecule has 5 nitrogen and oxygen atoms in total. The van der Waals surface area contributed by atoms with Gasteiger partial charge in [-0.05, 0) is 55.9 Å². The smallest absolute Gasteiger partial charge is 0.253 e. The molecule has 0 bridgehead atoms. The van der Waals surface area contributed by atoms with Crippen LogP contribution in [-0.2, 0) is 13.0 Å². The lowest BCUT2D eigenvalue weighted by atomic mass is 10.1. The molecule has 1 aliphatic heterocycles. The highest BCUT2D eigenvalue weighted by Gasteiger charge is 2.17. The molecule has 6 heteroatoms. The van der Waals surface area contributed by atoms with Gasteiger partial charge in [-0.15, -0.1) is 24.0 Å². The number of hydrogen-bond acceptors (Lipinski definition) is 2. The second-order valence-corrected chi connectivity index (χ2v) is 7.41. The van der Waals surface area contributed by atoms with Crippen LogP contribution < -0.4 is 10.6 Å². The van der Waals surface area contributed by atoms with Gasteiger partial charge in [0.15, 0.2) is 5.96 Å². The molecule has 2 N–H and O–H groups in total. The highest BCUT2D eigenvalue weighted by Crippen LogP contribution is 2.14. The van der Waals surface area contributed by atoms with Gasteiger partial charge in [0.1, 0.15) is 0 Å². The van der Waals surface area contributed by atoms with Gasteiger partial charge in [0.25, 0.3) is 5.91 Å². The third kappa shape index (κ3) is 7.63. The van der Waals surface area contributed by atoms with E-state index in [4.69, 9.17) is 0 Å². The first-order chi connectivity index (χ1) is 14.3. The van der Waals surface area contributed by atoms with Crippen molar-refractivity contribution in [1.82, 2.24) is 15.5 Å². The summed E-state index contributed by atoms with van der Waals surface area (Å²) in [5.41, 5.74) is 3.18. The largest absolute Gasteiger partial charge is 0.357 e. The fourth-order valence-corrected chi connectivity index (χ4v) is 3.51. The van der Waals surface area contributed by atoms with Gasteiger partial charge >= 0.3 is 0 Å². The van der Waals surface area contributed by atoms with Crippen molar-refractivity contribution < 1.29 is 4.79 Å². The summed E-state index contributed by atoms with van der Waals surface area (Å²) in [5.74, 6) is 0.965. The van der Waals surface area contributed by atoms with E-state index in [0.29, 0.717) is 6.54 Å². The first-order valence-electron chi connectivity index (χ1n) is 10.7. The van der Waals surface area contributed by atoms with E-state index in [-0.39, 0.29) is 29.9 Å². The van der Waals surface area contributed by atoms with Gasteiger partial charge in [-0.25, -0.2) is 4.99 Å². The van der Waals surface area contributed by atoms with E-state index >= 15 is 0 Å². The van der Waals surface area contributed by atoms with Crippen LogP contribution in [0.3, 0.4) is 0 Å². The van der Waals surface area contributed by atoms with Crippen LogP contribution in [0.25, 0.3) is 0 Å². The highest BCUT2D eigenvalue weighted by molar-refractivity contribution is 14.0. The molecule has 3 rings (SSSR count). The lowest BCUT2D eigenvalue weighted by Crippen LogP contribution is -2.38. The van der Waals surface area contributed by atoms with Crippen molar-refractivity contribution in [3.05, 3.63) is 71.3 Å². The van der Waals surface area contributed by atoms with Crippen LogP contribution >= 0.6 is 24.0 Å². The molecule has 0 unspecified atom stereocenters. The van der Waals surface area contributed by atoms with Gasteiger partial charge < -0.3 is 15.5 Å². The third-order valence-corrected chi connectivity index (χ3v) is 5.16. The number of hydrogen-bond donors (Lipinski definition) is 2. The average Bonchev–Trinajstić information content (AvgIpc) is 2.78. The molecule has 30 heavy (non-hydrogen) atoms. The molecule has 0 radical (unpaired) electrons. The van der Waals surface area contributed by atoms with E-state index in [1.54, 1.807) is 0 Å². The molecule has 0 spiro atoms. The number of amides is 1. The summed E-state index contributed by atoms with van der Waals surface area (Å²) in [4.78, 5) is 19.2. The summed E-state index contributed by atoms with van der Waals surface area (Å²) in [5, 5.41) is 6.68. The number of halogens is 1. The number of likely N-dealkylation sites (tertiary alicyclic amines) is 1. The van der Waals surface area contributed by atoms with Crippen molar-refractivity contribution in [1.29, 1.82) is 0 Å². The van der Waals surface area contributed by atoms with Crippen LogP contribution in [0.15, 0.2) is 59.6 Å². The first kappa shape index (κ1) is 24.2. The number of guanidine groups is 1. The molecule has 2 aromatic rings. The van der Waals surface area contributed by atoms with Crippen molar-refractivity contribution in [3.63, 3.8) is 0 Å². The van der Waals surface area contributed by atoms with Gasteiger partial charge in [0.05, 0.1) is 6.54 Å². The second-order valence-electron chi connectivity index (χ2n) is 7.41. The van der Waals surface area contributed by atoms with Crippen LogP contribution in [0.1, 0.15) is 47.7 Å². The Bertz CT molecular complexity index is 787. The molecular formula is C24H33IN4O. The summed E-state index contributed by atoms with van der Waals surface area (Å²) in [6.07, 6.45) is 4.42. The highest BCUT2D eigenvalue weighted by atomic mass is 127. The minimum absolute atomic E-state index is 0. The first-order valence-corrected chi connectivity index (χ1v) is 10.7. The summed E-state index contributed by atoms with van der Waals surface area (Å²) in [6.45, 7) is 6.06. The molecule has 1 heterocycles. The number of carbonyl (C=O) groups is 1. The zero-order valence-corrected chi connectivity index (χ0v) is 20.1. The predicted octanol–water partition coefficient (Wildman–Crippen LogP) is 4.23. The maximum Gasteiger partial charge on any atom is 0.253 e. The second kappa shape index (κ2) is 13.3. The Hall–Kier alpha value is -2.09. The van der Waals surface area contributed by atoms with E-state index < -0.39 is 0 Å². The standard InChI is InChI=1S/C24H32N4O.HI/c1-2-25-24(26-16-15-20-9-5-3-6-10-20)27-19-21-11-13-22(14-12-21)23(29)28-17-7-4-8-18-28;/h3,5-6,9-14H,2,4,7-8,15-19H2,1H3,(H2,25,26,27);1H. The number of rotatable bonds is 7. The normalized spacial score (nSPS) is 14.0. The van der Waals surface area contributed by atoms with Crippen LogP contribution in [0, 0.1) is 0 Å². The van der Waals surface area contributed by atoms with Crippen LogP contribution in [-0.4, -0.2) is 42.9 Å². The molecule has 0 aliphatic carbocycles.